The summed E-state index contributed by atoms with van der Waals surface area (Å²) in [4.78, 5) is 0. The Bertz CT molecular complexity index is 547. The maximum absolute atomic E-state index is 9.84. The van der Waals surface area contributed by atoms with Crippen molar-refractivity contribution in [3.63, 3.8) is 0 Å². The molecule has 2 rings (SSSR count). The van der Waals surface area contributed by atoms with E-state index in [2.05, 4.69) is 0 Å². The van der Waals surface area contributed by atoms with E-state index in [1.54, 1.807) is 25.1 Å². The molecule has 0 fully saturated rings. The minimum atomic E-state index is -0.188. The van der Waals surface area contributed by atoms with Crippen molar-refractivity contribution in [3.05, 3.63) is 29.0 Å². The van der Waals surface area contributed by atoms with Crippen LogP contribution in [0.2, 0.25) is 5.02 Å². The Kier molecular flexibility index (Phi) is 2.75. The van der Waals surface area contributed by atoms with Crippen molar-refractivity contribution in [1.29, 1.82) is 5.41 Å². The van der Waals surface area contributed by atoms with Crippen molar-refractivity contribution in [3.8, 4) is 5.75 Å². The largest absolute Gasteiger partial charge is 0.504 e. The van der Waals surface area contributed by atoms with E-state index in [0.717, 1.165) is 0 Å². The van der Waals surface area contributed by atoms with Gasteiger partial charge in [-0.25, -0.2) is 0 Å². The molecule has 0 saturated heterocycles. The van der Waals surface area contributed by atoms with E-state index < -0.39 is 0 Å². The van der Waals surface area contributed by atoms with Crippen LogP contribution in [0.25, 0.3) is 11.0 Å². The second-order valence-electron chi connectivity index (χ2n) is 3.18. The molecule has 0 aliphatic heterocycles. The van der Waals surface area contributed by atoms with Crippen LogP contribution < -0.4 is 0 Å². The van der Waals surface area contributed by atoms with Gasteiger partial charge in [-0.3, -0.25) is 5.41 Å². The molecule has 0 aliphatic carbocycles. The molecular weight excluding hydrogens is 230 g/mol. The van der Waals surface area contributed by atoms with Crippen LogP contribution in [0.5, 0.6) is 5.75 Å². The first-order valence-corrected chi connectivity index (χ1v) is 5.14. The van der Waals surface area contributed by atoms with Crippen LogP contribution >= 0.6 is 11.6 Å². The highest BCUT2D eigenvalue weighted by molar-refractivity contribution is 6.31. The van der Waals surface area contributed by atoms with Crippen molar-refractivity contribution in [2.75, 3.05) is 6.61 Å². The first-order chi connectivity index (χ1) is 7.63. The Morgan fingerprint density at radius 1 is 1.56 bits per heavy atom. The lowest BCUT2D eigenvalue weighted by molar-refractivity contribution is 0.314. The summed E-state index contributed by atoms with van der Waals surface area (Å²) in [5.74, 6) is -0.276. The van der Waals surface area contributed by atoms with E-state index in [9.17, 15) is 5.11 Å². The van der Waals surface area contributed by atoms with Crippen LogP contribution in [0.15, 0.2) is 22.6 Å². The van der Waals surface area contributed by atoms with Gasteiger partial charge in [0.05, 0.1) is 12.0 Å². The SMILES string of the molecule is CCOC(=N)c1oc2ccc(Cl)cc2c1O. The van der Waals surface area contributed by atoms with E-state index in [1.807, 2.05) is 0 Å². The molecule has 4 nitrogen and oxygen atoms in total. The fraction of sp³-hybridized carbons (Fsp3) is 0.182. The van der Waals surface area contributed by atoms with Crippen molar-refractivity contribution >= 4 is 28.5 Å². The van der Waals surface area contributed by atoms with Crippen molar-refractivity contribution in [1.82, 2.24) is 0 Å². The van der Waals surface area contributed by atoms with Gasteiger partial charge in [-0.1, -0.05) is 11.6 Å². The van der Waals surface area contributed by atoms with Gasteiger partial charge in [0, 0.05) is 5.02 Å². The van der Waals surface area contributed by atoms with E-state index in [-0.39, 0.29) is 17.4 Å². The summed E-state index contributed by atoms with van der Waals surface area (Å²) in [6.45, 7) is 2.10. The summed E-state index contributed by atoms with van der Waals surface area (Å²) in [5.41, 5.74) is 0.473. The zero-order valence-corrected chi connectivity index (χ0v) is 9.34. The number of halogens is 1. The third kappa shape index (κ3) is 1.72. The molecule has 0 amide bonds. The summed E-state index contributed by atoms with van der Waals surface area (Å²) in [5, 5.41) is 18.4. The van der Waals surface area contributed by atoms with Gasteiger partial charge >= 0.3 is 0 Å². The van der Waals surface area contributed by atoms with Crippen LogP contribution in [0.4, 0.5) is 0 Å². The maximum atomic E-state index is 9.84. The molecule has 1 aromatic heterocycles. The highest BCUT2D eigenvalue weighted by Gasteiger charge is 2.18. The van der Waals surface area contributed by atoms with Gasteiger partial charge in [-0.05, 0) is 25.1 Å². The molecule has 16 heavy (non-hydrogen) atoms. The molecule has 2 aromatic rings. The number of rotatable bonds is 2. The third-order valence-corrected chi connectivity index (χ3v) is 2.35. The molecule has 0 atom stereocenters. The lowest BCUT2D eigenvalue weighted by Crippen LogP contribution is -2.03. The Morgan fingerprint density at radius 3 is 3.00 bits per heavy atom. The van der Waals surface area contributed by atoms with Gasteiger partial charge in [0.15, 0.2) is 5.75 Å². The summed E-state index contributed by atoms with van der Waals surface area (Å²) in [7, 11) is 0. The molecule has 0 radical (unpaired) electrons. The minimum absolute atomic E-state index is 0.0270. The van der Waals surface area contributed by atoms with Crippen LogP contribution in [-0.4, -0.2) is 17.6 Å². The van der Waals surface area contributed by atoms with Crippen LogP contribution in [0.3, 0.4) is 0 Å². The van der Waals surface area contributed by atoms with Crippen LogP contribution in [0.1, 0.15) is 12.7 Å². The van der Waals surface area contributed by atoms with Gasteiger partial charge in [0.25, 0.3) is 5.90 Å². The van der Waals surface area contributed by atoms with Gasteiger partial charge in [-0.15, -0.1) is 0 Å². The van der Waals surface area contributed by atoms with Crippen molar-refractivity contribution in [2.45, 2.75) is 6.92 Å². The zero-order chi connectivity index (χ0) is 11.7. The fourth-order valence-corrected chi connectivity index (χ4v) is 1.59. The highest BCUT2D eigenvalue weighted by atomic mass is 35.5. The number of hydrogen-bond acceptors (Lipinski definition) is 4. The van der Waals surface area contributed by atoms with E-state index >= 15 is 0 Å². The molecule has 0 spiro atoms. The first-order valence-electron chi connectivity index (χ1n) is 4.76. The normalized spacial score (nSPS) is 10.6. The Labute approximate surface area is 96.9 Å². The molecule has 84 valence electrons. The fourth-order valence-electron chi connectivity index (χ4n) is 1.42. The molecule has 2 N–H and O–H groups in total. The lowest BCUT2D eigenvalue weighted by Gasteiger charge is -2.00. The maximum Gasteiger partial charge on any atom is 0.254 e. The third-order valence-electron chi connectivity index (χ3n) is 2.12. The molecule has 1 aromatic carbocycles. The first kappa shape index (κ1) is 10.8. The van der Waals surface area contributed by atoms with E-state index in [0.29, 0.717) is 22.6 Å². The Balaban J connectivity index is 2.56. The average Bonchev–Trinajstić information content (AvgIpc) is 2.57. The molecule has 0 unspecified atom stereocenters. The topological polar surface area (TPSA) is 66.5 Å². The summed E-state index contributed by atoms with van der Waals surface area (Å²) in [6, 6.07) is 4.87. The number of nitrogens with one attached hydrogen (secondary N) is 1. The Hall–Kier alpha value is -1.68. The number of fused-ring (bicyclic) bond motifs is 1. The van der Waals surface area contributed by atoms with Gasteiger partial charge in [-0.2, -0.15) is 0 Å². The summed E-state index contributed by atoms with van der Waals surface area (Å²) >= 11 is 5.80. The van der Waals surface area contributed by atoms with Crippen LogP contribution in [0, 0.1) is 5.41 Å². The smallest absolute Gasteiger partial charge is 0.254 e. The molecule has 0 aliphatic rings. The van der Waals surface area contributed by atoms with Crippen molar-refractivity contribution < 1.29 is 14.3 Å². The van der Waals surface area contributed by atoms with Crippen molar-refractivity contribution in [2.24, 2.45) is 0 Å². The van der Waals surface area contributed by atoms with E-state index in [4.69, 9.17) is 26.2 Å². The minimum Gasteiger partial charge on any atom is -0.504 e. The molecule has 5 heteroatoms. The predicted octanol–water partition coefficient (Wildman–Crippen LogP) is 3.15. The molecular formula is C11H10ClNO3. The second-order valence-corrected chi connectivity index (χ2v) is 3.62. The standard InChI is InChI=1S/C11H10ClNO3/c1-2-15-11(13)10-9(14)7-5-6(12)3-4-8(7)16-10/h3-5,13-14H,2H2,1H3. The monoisotopic (exact) mass is 239 g/mol. The highest BCUT2D eigenvalue weighted by Crippen LogP contribution is 2.33. The number of ether oxygens (including phenoxy) is 1. The molecule has 0 saturated carbocycles. The van der Waals surface area contributed by atoms with E-state index in [1.165, 1.54) is 0 Å². The molecule has 0 bridgehead atoms. The quantitative estimate of drug-likeness (QED) is 0.625. The van der Waals surface area contributed by atoms with Gasteiger partial charge in [0.1, 0.15) is 5.58 Å². The Morgan fingerprint density at radius 2 is 2.31 bits per heavy atom. The van der Waals surface area contributed by atoms with Gasteiger partial charge < -0.3 is 14.3 Å². The number of furan rings is 1. The average molecular weight is 240 g/mol. The molecule has 1 heterocycles. The number of benzene rings is 1. The van der Waals surface area contributed by atoms with Gasteiger partial charge in [0.2, 0.25) is 5.76 Å². The van der Waals surface area contributed by atoms with Crippen LogP contribution in [-0.2, 0) is 4.74 Å². The summed E-state index contributed by atoms with van der Waals surface area (Å²) < 4.78 is 10.3. The number of aromatic hydroxyl groups is 1. The lowest BCUT2D eigenvalue weighted by atomic mass is 10.2. The second kappa shape index (κ2) is 4.06. The zero-order valence-electron chi connectivity index (χ0n) is 8.58. The predicted molar refractivity (Wildman–Crippen MR) is 61.3 cm³/mol. The number of hydrogen-bond donors (Lipinski definition) is 2. The summed E-state index contributed by atoms with van der Waals surface area (Å²) in [6.07, 6.45) is 0.